The molecule has 1 aromatic rings. The number of likely N-dealkylation sites (N-methyl/N-ethyl adjacent to an activating group) is 1. The molecule has 0 atom stereocenters. The molecule has 20 heavy (non-hydrogen) atoms. The first-order valence-corrected chi connectivity index (χ1v) is 8.17. The molecule has 0 spiro atoms. The van der Waals surface area contributed by atoms with E-state index in [1.54, 1.807) is 0 Å². The second-order valence-corrected chi connectivity index (χ2v) is 7.53. The Hall–Kier alpha value is -0.660. The molecule has 2 rings (SSSR count). The van der Waals surface area contributed by atoms with Gasteiger partial charge in [-0.15, -0.1) is 0 Å². The second kappa shape index (κ2) is 5.99. The zero-order chi connectivity index (χ0) is 14.8. The van der Waals surface area contributed by atoms with Crippen LogP contribution in [0.25, 0.3) is 0 Å². The number of sulfonamides is 1. The minimum atomic E-state index is -3.62. The first-order valence-electron chi connectivity index (χ1n) is 6.36. The monoisotopic (exact) mass is 319 g/mol. The Morgan fingerprint density at radius 1 is 1.30 bits per heavy atom. The Balaban J connectivity index is 2.14. The molecule has 0 saturated carbocycles. The molecule has 0 unspecified atom stereocenters. The van der Waals surface area contributed by atoms with Gasteiger partial charge in [0.2, 0.25) is 10.0 Å². The fraction of sp³-hybridized carbons (Fsp3) is 0.538. The third-order valence-corrected chi connectivity index (χ3v) is 5.53. The Morgan fingerprint density at radius 3 is 2.40 bits per heavy atom. The lowest BCUT2D eigenvalue weighted by Crippen LogP contribution is -2.47. The second-order valence-electron chi connectivity index (χ2n) is 5.05. The van der Waals surface area contributed by atoms with Gasteiger partial charge in [0, 0.05) is 44.7 Å². The van der Waals surface area contributed by atoms with E-state index < -0.39 is 15.6 Å². The van der Waals surface area contributed by atoms with Crippen LogP contribution in [0.2, 0.25) is 5.02 Å². The molecule has 0 aliphatic carbocycles. The van der Waals surface area contributed by atoms with Gasteiger partial charge >= 0.3 is 0 Å². The van der Waals surface area contributed by atoms with Gasteiger partial charge in [0.15, 0.2) is 0 Å². The van der Waals surface area contributed by atoms with Crippen molar-refractivity contribution in [2.45, 2.75) is 23.3 Å². The van der Waals surface area contributed by atoms with Gasteiger partial charge < -0.3 is 9.84 Å². The van der Waals surface area contributed by atoms with E-state index in [9.17, 15) is 13.5 Å². The zero-order valence-corrected chi connectivity index (χ0v) is 12.8. The minimum Gasteiger partial charge on any atom is -0.388 e. The molecule has 112 valence electrons. The SMILES string of the molecule is CN(CC1(O)CCOCC1)S(=O)(=O)c1ccc(Cl)cc1. The summed E-state index contributed by atoms with van der Waals surface area (Å²) in [6.07, 6.45) is 0.876. The molecule has 7 heteroatoms. The maximum absolute atomic E-state index is 12.4. The van der Waals surface area contributed by atoms with Crippen LogP contribution < -0.4 is 0 Å². The topological polar surface area (TPSA) is 66.8 Å². The van der Waals surface area contributed by atoms with E-state index in [2.05, 4.69) is 0 Å². The minimum absolute atomic E-state index is 0.0569. The molecule has 1 aliphatic heterocycles. The number of nitrogens with zero attached hydrogens (tertiary/aromatic N) is 1. The predicted molar refractivity (Wildman–Crippen MR) is 76.3 cm³/mol. The largest absolute Gasteiger partial charge is 0.388 e. The lowest BCUT2D eigenvalue weighted by Gasteiger charge is -2.35. The Kier molecular flexibility index (Phi) is 4.71. The van der Waals surface area contributed by atoms with E-state index in [-0.39, 0.29) is 11.4 Å². The van der Waals surface area contributed by atoms with E-state index in [1.165, 1.54) is 35.6 Å². The summed E-state index contributed by atoms with van der Waals surface area (Å²) in [4.78, 5) is 0.167. The van der Waals surface area contributed by atoms with Crippen molar-refractivity contribution in [3.8, 4) is 0 Å². The molecule has 0 radical (unpaired) electrons. The van der Waals surface area contributed by atoms with Gasteiger partial charge in [-0.3, -0.25) is 0 Å². The van der Waals surface area contributed by atoms with Crippen LogP contribution in [-0.4, -0.2) is 50.2 Å². The van der Waals surface area contributed by atoms with Crippen molar-refractivity contribution in [3.63, 3.8) is 0 Å². The van der Waals surface area contributed by atoms with Crippen molar-refractivity contribution >= 4 is 21.6 Å². The van der Waals surface area contributed by atoms with Crippen molar-refractivity contribution in [3.05, 3.63) is 29.3 Å². The maximum atomic E-state index is 12.4. The van der Waals surface area contributed by atoms with Gasteiger partial charge in [-0.05, 0) is 24.3 Å². The fourth-order valence-electron chi connectivity index (χ4n) is 2.20. The zero-order valence-electron chi connectivity index (χ0n) is 11.3. The highest BCUT2D eigenvalue weighted by molar-refractivity contribution is 7.89. The maximum Gasteiger partial charge on any atom is 0.242 e. The van der Waals surface area contributed by atoms with Crippen LogP contribution in [0.15, 0.2) is 29.2 Å². The van der Waals surface area contributed by atoms with Gasteiger partial charge in [0.05, 0.1) is 10.5 Å². The first-order chi connectivity index (χ1) is 9.33. The molecule has 1 aliphatic rings. The van der Waals surface area contributed by atoms with Gasteiger partial charge in [-0.1, -0.05) is 11.6 Å². The highest BCUT2D eigenvalue weighted by Gasteiger charge is 2.34. The molecular formula is C13H18ClNO4S. The summed E-state index contributed by atoms with van der Waals surface area (Å²) >= 11 is 5.76. The third kappa shape index (κ3) is 3.51. The summed E-state index contributed by atoms with van der Waals surface area (Å²) in [7, 11) is -2.15. The molecule has 1 fully saturated rings. The third-order valence-electron chi connectivity index (χ3n) is 3.46. The molecular weight excluding hydrogens is 302 g/mol. The van der Waals surface area contributed by atoms with Gasteiger partial charge in [-0.2, -0.15) is 4.31 Å². The number of rotatable bonds is 4. The summed E-state index contributed by atoms with van der Waals surface area (Å²) in [5, 5.41) is 10.9. The van der Waals surface area contributed by atoms with Crippen LogP contribution in [0.1, 0.15) is 12.8 Å². The quantitative estimate of drug-likeness (QED) is 0.913. The van der Waals surface area contributed by atoms with Crippen molar-refractivity contribution in [2.75, 3.05) is 26.8 Å². The average molecular weight is 320 g/mol. The Morgan fingerprint density at radius 2 is 1.85 bits per heavy atom. The number of aliphatic hydroxyl groups is 1. The molecule has 0 amide bonds. The van der Waals surface area contributed by atoms with Crippen molar-refractivity contribution < 1.29 is 18.3 Å². The van der Waals surface area contributed by atoms with Crippen LogP contribution >= 0.6 is 11.6 Å². The summed E-state index contributed by atoms with van der Waals surface area (Å²) in [6, 6.07) is 5.99. The van der Waals surface area contributed by atoms with E-state index >= 15 is 0 Å². The van der Waals surface area contributed by atoms with Crippen LogP contribution in [-0.2, 0) is 14.8 Å². The van der Waals surface area contributed by atoms with E-state index in [0.717, 1.165) is 0 Å². The molecule has 0 bridgehead atoms. The van der Waals surface area contributed by atoms with Crippen LogP contribution in [0.5, 0.6) is 0 Å². The number of ether oxygens (including phenoxy) is 1. The Labute approximate surface area is 124 Å². The van der Waals surface area contributed by atoms with Gasteiger partial charge in [0.1, 0.15) is 0 Å². The Bertz CT molecular complexity index is 552. The molecule has 5 nitrogen and oxygen atoms in total. The lowest BCUT2D eigenvalue weighted by atomic mass is 9.95. The van der Waals surface area contributed by atoms with E-state index in [1.807, 2.05) is 0 Å². The predicted octanol–water partition coefficient (Wildman–Crippen LogP) is 1.50. The van der Waals surface area contributed by atoms with Crippen LogP contribution in [0.3, 0.4) is 0 Å². The lowest BCUT2D eigenvalue weighted by molar-refractivity contribution is -0.0689. The van der Waals surface area contributed by atoms with E-state index in [4.69, 9.17) is 16.3 Å². The summed E-state index contributed by atoms with van der Waals surface area (Å²) < 4.78 is 31.2. The van der Waals surface area contributed by atoms with Crippen molar-refractivity contribution in [1.82, 2.24) is 4.31 Å². The number of benzene rings is 1. The summed E-state index contributed by atoms with van der Waals surface area (Å²) in [5.74, 6) is 0. The van der Waals surface area contributed by atoms with Crippen LogP contribution in [0.4, 0.5) is 0 Å². The smallest absolute Gasteiger partial charge is 0.242 e. The number of hydrogen-bond donors (Lipinski definition) is 1. The molecule has 1 saturated heterocycles. The normalized spacial score (nSPS) is 19.2. The van der Waals surface area contributed by atoms with Gasteiger partial charge in [0.25, 0.3) is 0 Å². The molecule has 1 aromatic carbocycles. The number of halogens is 1. The van der Waals surface area contributed by atoms with E-state index in [0.29, 0.717) is 31.1 Å². The number of hydrogen-bond acceptors (Lipinski definition) is 4. The average Bonchev–Trinajstić information content (AvgIpc) is 2.39. The highest BCUT2D eigenvalue weighted by atomic mass is 35.5. The molecule has 1 heterocycles. The summed E-state index contributed by atoms with van der Waals surface area (Å²) in [6.45, 7) is 0.956. The molecule has 1 N–H and O–H groups in total. The molecule has 0 aromatic heterocycles. The van der Waals surface area contributed by atoms with Crippen molar-refractivity contribution in [2.24, 2.45) is 0 Å². The van der Waals surface area contributed by atoms with Gasteiger partial charge in [-0.25, -0.2) is 8.42 Å². The van der Waals surface area contributed by atoms with Crippen molar-refractivity contribution in [1.29, 1.82) is 0 Å². The summed E-state index contributed by atoms with van der Waals surface area (Å²) in [5.41, 5.74) is -1.02. The highest BCUT2D eigenvalue weighted by Crippen LogP contribution is 2.24. The first kappa shape index (κ1) is 15.7. The van der Waals surface area contributed by atoms with Crippen LogP contribution in [0, 0.1) is 0 Å². The fourth-order valence-corrected chi connectivity index (χ4v) is 3.57. The standard InChI is InChI=1S/C13H18ClNO4S/c1-15(10-13(16)6-8-19-9-7-13)20(17,18)12-4-2-11(14)3-5-12/h2-5,16H,6-10H2,1H3.